The van der Waals surface area contributed by atoms with Crippen LogP contribution in [0.3, 0.4) is 0 Å². The number of piperidine rings is 1. The van der Waals surface area contributed by atoms with E-state index in [4.69, 9.17) is 9.73 Å². The van der Waals surface area contributed by atoms with Crippen LogP contribution in [0.25, 0.3) is 0 Å². The number of thiophene rings is 1. The second kappa shape index (κ2) is 10.3. The smallest absolute Gasteiger partial charge is 0.191 e. The second-order valence-corrected chi connectivity index (χ2v) is 7.64. The van der Waals surface area contributed by atoms with E-state index in [0.29, 0.717) is 12.6 Å². The molecular weight excluding hydrogens is 356 g/mol. The lowest BCUT2D eigenvalue weighted by molar-refractivity contribution is 0.111. The zero-order valence-corrected chi connectivity index (χ0v) is 17.0. The van der Waals surface area contributed by atoms with Crippen molar-refractivity contribution in [1.29, 1.82) is 0 Å². The Morgan fingerprint density at radius 1 is 1.22 bits per heavy atom. The minimum atomic E-state index is -0.0256. The Balaban J connectivity index is 1.54. The molecule has 1 aliphatic heterocycles. The quantitative estimate of drug-likeness (QED) is 0.563. The van der Waals surface area contributed by atoms with Gasteiger partial charge in [-0.25, -0.2) is 0 Å². The van der Waals surface area contributed by atoms with E-state index in [9.17, 15) is 0 Å². The molecule has 2 N–H and O–H groups in total. The topological polar surface area (TPSA) is 48.9 Å². The molecule has 0 bridgehead atoms. The van der Waals surface area contributed by atoms with Gasteiger partial charge in [0.15, 0.2) is 5.96 Å². The van der Waals surface area contributed by atoms with E-state index in [-0.39, 0.29) is 6.10 Å². The van der Waals surface area contributed by atoms with Crippen molar-refractivity contribution in [2.75, 3.05) is 38.2 Å². The number of methoxy groups -OCH3 is 1. The molecule has 3 rings (SSSR count). The van der Waals surface area contributed by atoms with Gasteiger partial charge in [-0.1, -0.05) is 30.3 Å². The van der Waals surface area contributed by atoms with Crippen LogP contribution in [0.5, 0.6) is 0 Å². The highest BCUT2D eigenvalue weighted by molar-refractivity contribution is 7.14. The summed E-state index contributed by atoms with van der Waals surface area (Å²) < 4.78 is 5.64. The van der Waals surface area contributed by atoms with E-state index in [1.54, 1.807) is 7.11 Å². The number of benzene rings is 1. The summed E-state index contributed by atoms with van der Waals surface area (Å²) in [5.74, 6) is 0.880. The van der Waals surface area contributed by atoms with Gasteiger partial charge in [-0.2, -0.15) is 0 Å². The zero-order valence-electron chi connectivity index (χ0n) is 16.2. The maximum Gasteiger partial charge on any atom is 0.191 e. The molecule has 0 spiro atoms. The summed E-state index contributed by atoms with van der Waals surface area (Å²) in [6.45, 7) is 5.72. The molecule has 1 aromatic carbocycles. The highest BCUT2D eigenvalue weighted by Crippen LogP contribution is 2.24. The van der Waals surface area contributed by atoms with Crippen molar-refractivity contribution < 1.29 is 4.74 Å². The predicted octanol–water partition coefficient (Wildman–Crippen LogP) is 3.66. The number of hydrogen-bond acceptors (Lipinski definition) is 4. The summed E-state index contributed by atoms with van der Waals surface area (Å²) in [6.07, 6.45) is 2.21. The molecule has 146 valence electrons. The monoisotopic (exact) mass is 386 g/mol. The molecule has 5 nitrogen and oxygen atoms in total. The van der Waals surface area contributed by atoms with Gasteiger partial charge < -0.3 is 20.3 Å². The summed E-state index contributed by atoms with van der Waals surface area (Å²) in [6, 6.07) is 15.1. The van der Waals surface area contributed by atoms with Gasteiger partial charge in [0.05, 0.1) is 11.5 Å². The molecular formula is C21H30N4OS. The third-order valence-electron chi connectivity index (χ3n) is 4.87. The summed E-state index contributed by atoms with van der Waals surface area (Å²) >= 11 is 1.82. The van der Waals surface area contributed by atoms with Gasteiger partial charge >= 0.3 is 0 Å². The van der Waals surface area contributed by atoms with Crippen molar-refractivity contribution in [2.24, 2.45) is 4.99 Å². The SMILES string of the molecule is CCNC(=NCC(OC)c1ccccc1)NC1CCN(c2cccs2)CC1. The van der Waals surface area contributed by atoms with Crippen LogP contribution in [0.2, 0.25) is 0 Å². The van der Waals surface area contributed by atoms with Gasteiger partial charge in [0, 0.05) is 32.8 Å². The molecule has 0 amide bonds. The molecule has 1 fully saturated rings. The molecule has 6 heteroatoms. The van der Waals surface area contributed by atoms with Crippen LogP contribution < -0.4 is 15.5 Å². The number of anilines is 1. The average molecular weight is 387 g/mol. The number of hydrogen-bond donors (Lipinski definition) is 2. The largest absolute Gasteiger partial charge is 0.375 e. The Hall–Kier alpha value is -2.05. The van der Waals surface area contributed by atoms with Crippen LogP contribution >= 0.6 is 11.3 Å². The fraction of sp³-hybridized carbons (Fsp3) is 0.476. The van der Waals surface area contributed by atoms with Crippen LogP contribution in [0.15, 0.2) is 52.8 Å². The third-order valence-corrected chi connectivity index (χ3v) is 5.80. The van der Waals surface area contributed by atoms with Gasteiger partial charge in [-0.3, -0.25) is 4.99 Å². The number of rotatable bonds is 7. The Kier molecular flexibility index (Phi) is 7.54. The van der Waals surface area contributed by atoms with Gasteiger partial charge in [0.2, 0.25) is 0 Å². The van der Waals surface area contributed by atoms with E-state index >= 15 is 0 Å². The highest BCUT2D eigenvalue weighted by atomic mass is 32.1. The minimum Gasteiger partial charge on any atom is -0.375 e. The van der Waals surface area contributed by atoms with E-state index in [0.717, 1.165) is 44.0 Å². The Bertz CT molecular complexity index is 681. The second-order valence-electron chi connectivity index (χ2n) is 6.71. The van der Waals surface area contributed by atoms with Crippen LogP contribution in [-0.2, 0) is 4.74 Å². The standard InChI is InChI=1S/C21H30N4OS/c1-3-22-21(23-16-19(26-2)17-8-5-4-6-9-17)24-18-11-13-25(14-12-18)20-10-7-15-27-20/h4-10,15,18-19H,3,11-14,16H2,1-2H3,(H2,22,23,24). The molecule has 27 heavy (non-hydrogen) atoms. The van der Waals surface area contributed by atoms with E-state index in [1.165, 1.54) is 5.00 Å². The fourth-order valence-corrected chi connectivity index (χ4v) is 4.15. The van der Waals surface area contributed by atoms with E-state index < -0.39 is 0 Å². The van der Waals surface area contributed by atoms with Crippen LogP contribution in [-0.4, -0.2) is 45.3 Å². The molecule has 0 aliphatic carbocycles. The maximum absolute atomic E-state index is 5.64. The molecule has 1 atom stereocenters. The normalized spacial score (nSPS) is 17.0. The average Bonchev–Trinajstić information content (AvgIpc) is 3.25. The number of nitrogens with one attached hydrogen (secondary N) is 2. The van der Waals surface area contributed by atoms with Crippen LogP contribution in [0, 0.1) is 0 Å². The van der Waals surface area contributed by atoms with Crippen molar-refractivity contribution >= 4 is 22.3 Å². The molecule has 0 saturated carbocycles. The van der Waals surface area contributed by atoms with Crippen molar-refractivity contribution in [3.05, 3.63) is 53.4 Å². The third kappa shape index (κ3) is 5.71. The number of nitrogens with zero attached hydrogens (tertiary/aromatic N) is 2. The van der Waals surface area contributed by atoms with Gasteiger partial charge in [0.1, 0.15) is 6.10 Å². The van der Waals surface area contributed by atoms with Crippen molar-refractivity contribution in [3.8, 4) is 0 Å². The van der Waals surface area contributed by atoms with Gasteiger partial charge in [-0.15, -0.1) is 11.3 Å². The highest BCUT2D eigenvalue weighted by Gasteiger charge is 2.21. The molecule has 2 heterocycles. The van der Waals surface area contributed by atoms with E-state index in [1.807, 2.05) is 29.5 Å². The van der Waals surface area contributed by atoms with Crippen molar-refractivity contribution in [3.63, 3.8) is 0 Å². The zero-order chi connectivity index (χ0) is 18.9. The molecule has 1 aliphatic rings. The fourth-order valence-electron chi connectivity index (χ4n) is 3.37. The molecule has 0 radical (unpaired) electrons. The first-order valence-corrected chi connectivity index (χ1v) is 10.6. The van der Waals surface area contributed by atoms with Crippen LogP contribution in [0.4, 0.5) is 5.00 Å². The molecule has 1 aromatic heterocycles. The summed E-state index contributed by atoms with van der Waals surface area (Å²) in [5, 5.41) is 10.5. The number of guanidine groups is 1. The maximum atomic E-state index is 5.64. The first kappa shape index (κ1) is 19.7. The molecule has 2 aromatic rings. The molecule has 1 saturated heterocycles. The Morgan fingerprint density at radius 3 is 2.63 bits per heavy atom. The number of ether oxygens (including phenoxy) is 1. The molecule has 1 unspecified atom stereocenters. The predicted molar refractivity (Wildman–Crippen MR) is 115 cm³/mol. The summed E-state index contributed by atoms with van der Waals surface area (Å²) in [5.41, 5.74) is 1.16. The Labute approximate surface area is 166 Å². The van der Waals surface area contributed by atoms with Crippen LogP contribution in [0.1, 0.15) is 31.4 Å². The first-order valence-electron chi connectivity index (χ1n) is 9.71. The van der Waals surface area contributed by atoms with E-state index in [2.05, 4.69) is 52.1 Å². The summed E-state index contributed by atoms with van der Waals surface area (Å²) in [7, 11) is 1.74. The first-order chi connectivity index (χ1) is 13.3. The lowest BCUT2D eigenvalue weighted by atomic mass is 10.1. The van der Waals surface area contributed by atoms with Crippen molar-refractivity contribution in [2.45, 2.75) is 31.9 Å². The Morgan fingerprint density at radius 2 is 2.00 bits per heavy atom. The van der Waals surface area contributed by atoms with Gasteiger partial charge in [0.25, 0.3) is 0 Å². The number of aliphatic imine (C=N–C) groups is 1. The lowest BCUT2D eigenvalue weighted by Crippen LogP contribution is -2.48. The van der Waals surface area contributed by atoms with Gasteiger partial charge in [-0.05, 0) is 42.8 Å². The summed E-state index contributed by atoms with van der Waals surface area (Å²) in [4.78, 5) is 7.26. The lowest BCUT2D eigenvalue weighted by Gasteiger charge is -2.33. The van der Waals surface area contributed by atoms with Crippen molar-refractivity contribution in [1.82, 2.24) is 10.6 Å². The minimum absolute atomic E-state index is 0.0256.